The van der Waals surface area contributed by atoms with Gasteiger partial charge in [-0.3, -0.25) is 0 Å². The van der Waals surface area contributed by atoms with Gasteiger partial charge in [-0.1, -0.05) is 86.4 Å². The van der Waals surface area contributed by atoms with E-state index in [1.54, 1.807) is 0 Å². The molecule has 3 unspecified atom stereocenters. The molecule has 1 heterocycles. The topological polar surface area (TPSA) is 85.2 Å². The summed E-state index contributed by atoms with van der Waals surface area (Å²) in [6.07, 6.45) is 11.9. The van der Waals surface area contributed by atoms with E-state index >= 15 is 0 Å². The van der Waals surface area contributed by atoms with Crippen molar-refractivity contribution in [3.8, 4) is 5.75 Å². The largest absolute Gasteiger partial charge is 0.493 e. The number of aliphatic hydroxyl groups excluding tert-OH is 2. The average molecular weight is 571 g/mol. The zero-order valence-corrected chi connectivity index (χ0v) is 26.7. The number of hydrogen-bond donors (Lipinski definition) is 2. The first-order chi connectivity index (χ1) is 19.4. The Balaban J connectivity index is 0.00000187. The smallest absolute Gasteiger partial charge is 0.339 e. The van der Waals surface area contributed by atoms with Crippen LogP contribution in [0.4, 0.5) is 0 Å². The van der Waals surface area contributed by atoms with Gasteiger partial charge in [0.05, 0.1) is 18.3 Å². The number of esters is 1. The Bertz CT molecular complexity index is 1060. The number of fused-ring (bicyclic) bond motifs is 1. The summed E-state index contributed by atoms with van der Waals surface area (Å²) in [5, 5.41) is 19.4. The van der Waals surface area contributed by atoms with Crippen molar-refractivity contribution < 1.29 is 29.2 Å². The fraction of sp³-hybridized carbons (Fsp3) is 0.629. The first-order valence-electron chi connectivity index (χ1n) is 15.4. The number of rotatable bonds is 13. The highest BCUT2D eigenvalue weighted by atomic mass is 16.5. The van der Waals surface area contributed by atoms with Crippen LogP contribution in [-0.4, -0.2) is 48.2 Å². The highest BCUT2D eigenvalue weighted by Crippen LogP contribution is 2.42. The van der Waals surface area contributed by atoms with Gasteiger partial charge >= 0.3 is 5.97 Å². The molecule has 0 aromatic heterocycles. The molecule has 0 fully saturated rings. The van der Waals surface area contributed by atoms with Crippen LogP contribution in [0.25, 0.3) is 5.57 Å². The second-order valence-corrected chi connectivity index (χ2v) is 12.8. The quantitative estimate of drug-likeness (QED) is 0.190. The zero-order chi connectivity index (χ0) is 30.6. The van der Waals surface area contributed by atoms with Crippen LogP contribution < -0.4 is 4.74 Å². The zero-order valence-electron chi connectivity index (χ0n) is 26.7. The molecule has 6 heteroatoms. The maximum absolute atomic E-state index is 13.0. The van der Waals surface area contributed by atoms with Gasteiger partial charge in [0.25, 0.3) is 0 Å². The molecule has 0 saturated carbocycles. The Labute approximate surface area is 248 Å². The number of aliphatic hydroxyl groups is 2. The van der Waals surface area contributed by atoms with E-state index in [0.29, 0.717) is 30.8 Å². The Morgan fingerprint density at radius 1 is 1.02 bits per heavy atom. The molecule has 6 nitrogen and oxygen atoms in total. The molecule has 3 rings (SSSR count). The Morgan fingerprint density at radius 3 is 2.37 bits per heavy atom. The van der Waals surface area contributed by atoms with Gasteiger partial charge in [-0.05, 0) is 65.5 Å². The van der Waals surface area contributed by atoms with E-state index in [-0.39, 0.29) is 35.9 Å². The van der Waals surface area contributed by atoms with Crippen LogP contribution in [0.3, 0.4) is 0 Å². The van der Waals surface area contributed by atoms with E-state index in [0.717, 1.165) is 36.1 Å². The van der Waals surface area contributed by atoms with E-state index in [4.69, 9.17) is 19.3 Å². The fourth-order valence-electron chi connectivity index (χ4n) is 4.55. The maximum atomic E-state index is 13.0. The highest BCUT2D eigenvalue weighted by molar-refractivity contribution is 6.17. The molecular formula is C35H54O6. The first-order valence-corrected chi connectivity index (χ1v) is 15.4. The summed E-state index contributed by atoms with van der Waals surface area (Å²) in [4.78, 5) is 13.0. The van der Waals surface area contributed by atoms with Gasteiger partial charge in [0.15, 0.2) is 0 Å². The molecule has 0 bridgehead atoms. The minimum Gasteiger partial charge on any atom is -0.493 e. The van der Waals surface area contributed by atoms with Crippen LogP contribution >= 0.6 is 0 Å². The van der Waals surface area contributed by atoms with Crippen molar-refractivity contribution in [3.63, 3.8) is 0 Å². The third-order valence-electron chi connectivity index (χ3n) is 8.14. The molecule has 3 atom stereocenters. The van der Waals surface area contributed by atoms with Gasteiger partial charge in [-0.15, -0.1) is 0 Å². The normalized spacial score (nSPS) is 19.2. The van der Waals surface area contributed by atoms with Crippen LogP contribution in [0, 0.1) is 16.7 Å². The number of benzene rings is 1. The van der Waals surface area contributed by atoms with Crippen molar-refractivity contribution in [1.82, 2.24) is 0 Å². The lowest BCUT2D eigenvalue weighted by molar-refractivity contribution is -0.141. The van der Waals surface area contributed by atoms with E-state index in [2.05, 4.69) is 48.5 Å². The lowest BCUT2D eigenvalue weighted by Gasteiger charge is -2.39. The summed E-state index contributed by atoms with van der Waals surface area (Å²) in [6, 6.07) is 5.70. The molecule has 0 radical (unpaired) electrons. The van der Waals surface area contributed by atoms with Gasteiger partial charge in [0.1, 0.15) is 24.2 Å². The van der Waals surface area contributed by atoms with Crippen molar-refractivity contribution in [1.29, 1.82) is 0 Å². The molecular weight excluding hydrogens is 516 g/mol. The predicted octanol–water partition coefficient (Wildman–Crippen LogP) is 7.43. The van der Waals surface area contributed by atoms with Crippen LogP contribution in [0.15, 0.2) is 48.3 Å². The number of aryl methyl sites for hydroxylation is 1. The molecule has 0 spiro atoms. The second-order valence-electron chi connectivity index (χ2n) is 12.8. The lowest BCUT2D eigenvalue weighted by atomic mass is 9.67. The van der Waals surface area contributed by atoms with E-state index in [1.165, 1.54) is 6.42 Å². The standard InChI is InChI=1S/C32H46O6.C3H8/c1-7-22-18-25(36-17-9-16-33)13-14-27(22)28-19-23-11-12-26(20-29(23)38-30(28)35)37-21-24(34)10-8-15-32(5,6)31(2,3)4;1-3-2/h11-14,18-20,23-24,29,33-34H,7-10,15-17,21H2,1-6H3;3H2,1-2H3. The molecule has 0 amide bonds. The molecule has 1 aromatic rings. The fourth-order valence-corrected chi connectivity index (χ4v) is 4.55. The van der Waals surface area contributed by atoms with Crippen LogP contribution in [0.2, 0.25) is 0 Å². The number of carbonyl (C=O) groups excluding carboxylic acids is 1. The molecule has 1 aromatic carbocycles. The van der Waals surface area contributed by atoms with Crippen molar-refractivity contribution in [2.24, 2.45) is 16.7 Å². The minimum absolute atomic E-state index is 0.0789. The average Bonchev–Trinajstić information content (AvgIpc) is 2.91. The summed E-state index contributed by atoms with van der Waals surface area (Å²) in [7, 11) is 0. The van der Waals surface area contributed by atoms with Crippen molar-refractivity contribution in [2.45, 2.75) is 106 Å². The molecule has 230 valence electrons. The monoisotopic (exact) mass is 570 g/mol. The SMILES string of the molecule is CCC.CCc1cc(OCCCO)ccc1C1=CC2C=CC(OCC(O)CCCC(C)(C)C(C)(C)C)=CC2OC1=O. The Morgan fingerprint density at radius 2 is 1.73 bits per heavy atom. The van der Waals surface area contributed by atoms with Crippen LogP contribution in [0.1, 0.15) is 98.6 Å². The number of ether oxygens (including phenoxy) is 3. The Kier molecular flexibility index (Phi) is 13.7. The molecule has 2 aliphatic rings. The molecule has 0 saturated heterocycles. The molecule has 1 aliphatic carbocycles. The van der Waals surface area contributed by atoms with Gasteiger partial charge in [-0.2, -0.15) is 0 Å². The third kappa shape index (κ3) is 10.3. The van der Waals surface area contributed by atoms with Gasteiger partial charge in [0.2, 0.25) is 0 Å². The summed E-state index contributed by atoms with van der Waals surface area (Å²) in [6.45, 7) is 18.4. The van der Waals surface area contributed by atoms with Crippen molar-refractivity contribution in [3.05, 3.63) is 59.4 Å². The molecule has 1 aliphatic heterocycles. The summed E-state index contributed by atoms with van der Waals surface area (Å²) in [5.41, 5.74) is 2.82. The third-order valence-corrected chi connectivity index (χ3v) is 8.14. The predicted molar refractivity (Wildman–Crippen MR) is 167 cm³/mol. The van der Waals surface area contributed by atoms with Gasteiger partial charge in [-0.25, -0.2) is 4.79 Å². The van der Waals surface area contributed by atoms with E-state index < -0.39 is 12.2 Å². The van der Waals surface area contributed by atoms with E-state index in [9.17, 15) is 9.90 Å². The maximum Gasteiger partial charge on any atom is 0.339 e. The van der Waals surface area contributed by atoms with Crippen LogP contribution in [0.5, 0.6) is 5.75 Å². The summed E-state index contributed by atoms with van der Waals surface area (Å²) >= 11 is 0. The van der Waals surface area contributed by atoms with Crippen molar-refractivity contribution in [2.75, 3.05) is 19.8 Å². The lowest BCUT2D eigenvalue weighted by Crippen LogP contribution is -2.31. The summed E-state index contributed by atoms with van der Waals surface area (Å²) < 4.78 is 17.4. The highest BCUT2D eigenvalue weighted by Gasteiger charge is 2.33. The first kappa shape index (κ1) is 34.6. The summed E-state index contributed by atoms with van der Waals surface area (Å²) in [5.74, 6) is 0.903. The second kappa shape index (κ2) is 16.2. The minimum atomic E-state index is -0.541. The molecule has 2 N–H and O–H groups in total. The number of carbonyl (C=O) groups is 1. The van der Waals surface area contributed by atoms with Crippen LogP contribution in [-0.2, 0) is 20.7 Å². The van der Waals surface area contributed by atoms with Gasteiger partial charge in [0, 0.05) is 18.9 Å². The molecule has 41 heavy (non-hydrogen) atoms. The van der Waals surface area contributed by atoms with E-state index in [1.807, 2.05) is 49.4 Å². The van der Waals surface area contributed by atoms with Gasteiger partial charge < -0.3 is 24.4 Å². The van der Waals surface area contributed by atoms with Crippen molar-refractivity contribution >= 4 is 11.5 Å². The number of allylic oxidation sites excluding steroid dienone is 1. The Hall–Kier alpha value is -2.57. The number of hydrogen-bond acceptors (Lipinski definition) is 6.